The summed E-state index contributed by atoms with van der Waals surface area (Å²) in [6.45, 7) is 2.33. The van der Waals surface area contributed by atoms with E-state index in [4.69, 9.17) is 11.6 Å². The van der Waals surface area contributed by atoms with Crippen molar-refractivity contribution in [1.29, 1.82) is 0 Å². The van der Waals surface area contributed by atoms with Gasteiger partial charge in [0.15, 0.2) is 0 Å². The quantitative estimate of drug-likeness (QED) is 0.720. The highest BCUT2D eigenvalue weighted by molar-refractivity contribution is 7.90. The fourth-order valence-corrected chi connectivity index (χ4v) is 3.12. The molecule has 0 aromatic heterocycles. The topological polar surface area (TPSA) is 66.5 Å². The van der Waals surface area contributed by atoms with Crippen LogP contribution in [0.15, 0.2) is 0 Å². The first kappa shape index (κ1) is 12.7. The first-order valence-electron chi connectivity index (χ1n) is 4.62. The van der Waals surface area contributed by atoms with Gasteiger partial charge in [-0.15, -0.1) is 11.6 Å². The molecule has 0 aromatic rings. The zero-order valence-corrected chi connectivity index (χ0v) is 10.4. The normalized spacial score (nSPS) is 27.9. The summed E-state index contributed by atoms with van der Waals surface area (Å²) in [6, 6.07) is 0. The van der Waals surface area contributed by atoms with Crippen molar-refractivity contribution in [3.8, 4) is 0 Å². The number of nitrogens with one attached hydrogen (secondary N) is 1. The summed E-state index contributed by atoms with van der Waals surface area (Å²) in [5.41, 5.74) is -0.631. The lowest BCUT2D eigenvalue weighted by Gasteiger charge is -2.21. The van der Waals surface area contributed by atoms with Crippen LogP contribution in [-0.2, 0) is 14.8 Å². The van der Waals surface area contributed by atoms with Gasteiger partial charge in [-0.1, -0.05) is 0 Å². The Hall–Kier alpha value is -0.330. The number of carbonyl (C=O) groups is 1. The average Bonchev–Trinajstić information content (AvgIpc) is 2.61. The molecule has 0 radical (unpaired) electrons. The molecule has 1 N–H and O–H groups in total. The van der Waals surface area contributed by atoms with Gasteiger partial charge in [0.2, 0.25) is 15.9 Å². The Morgan fingerprint density at radius 1 is 1.60 bits per heavy atom. The molecule has 0 spiro atoms. The number of nitrogens with zero attached hydrogens (tertiary/aromatic N) is 1. The molecule has 1 aliphatic rings. The predicted octanol–water partition coefficient (Wildman–Crippen LogP) is -0.0295. The van der Waals surface area contributed by atoms with E-state index in [1.54, 1.807) is 14.0 Å². The summed E-state index contributed by atoms with van der Waals surface area (Å²) in [5.74, 6) is -0.130. The van der Waals surface area contributed by atoms with E-state index < -0.39 is 20.7 Å². The van der Waals surface area contributed by atoms with Gasteiger partial charge < -0.3 is 5.32 Å². The zero-order valence-electron chi connectivity index (χ0n) is 8.79. The third-order valence-corrected chi connectivity index (χ3v) is 4.95. The van der Waals surface area contributed by atoms with Gasteiger partial charge in [0.05, 0.1) is 5.41 Å². The second-order valence-electron chi connectivity index (χ2n) is 3.94. The van der Waals surface area contributed by atoms with Crippen LogP contribution in [0, 0.1) is 5.41 Å². The molecule has 0 aliphatic carbocycles. The molecule has 0 bridgehead atoms. The monoisotopic (exact) mass is 254 g/mol. The third-order valence-electron chi connectivity index (χ3n) is 2.74. The summed E-state index contributed by atoms with van der Waals surface area (Å²) in [4.78, 5) is 11.5. The number of halogens is 1. The fourth-order valence-electron chi connectivity index (χ4n) is 1.71. The molecule has 1 heterocycles. The molecule has 1 unspecified atom stereocenters. The van der Waals surface area contributed by atoms with E-state index in [0.29, 0.717) is 13.0 Å². The van der Waals surface area contributed by atoms with Crippen LogP contribution >= 0.6 is 11.6 Å². The minimum atomic E-state index is -3.39. The van der Waals surface area contributed by atoms with E-state index in [1.807, 2.05) is 0 Å². The standard InChI is InChI=1S/C8H15ClN2O3S/c1-8(7(12)10-2)3-4-11(5-8)15(13,14)6-9/h3-6H2,1-2H3,(H,10,12). The molecule has 1 atom stereocenters. The molecule has 5 nitrogen and oxygen atoms in total. The van der Waals surface area contributed by atoms with Crippen LogP contribution in [0.1, 0.15) is 13.3 Å². The Bertz CT molecular complexity index is 357. The maximum atomic E-state index is 11.5. The molecule has 15 heavy (non-hydrogen) atoms. The summed E-state index contributed by atoms with van der Waals surface area (Å²) in [5, 5.41) is 2.11. The van der Waals surface area contributed by atoms with Gasteiger partial charge in [0, 0.05) is 20.1 Å². The molecule has 88 valence electrons. The molecule has 7 heteroatoms. The number of carbonyl (C=O) groups excluding carboxylic acids is 1. The molecule has 1 amide bonds. The SMILES string of the molecule is CNC(=O)C1(C)CCN(S(=O)(=O)CCl)C1. The second-order valence-corrected chi connectivity index (χ2v) is 6.50. The molecule has 1 rings (SSSR count). The van der Waals surface area contributed by atoms with Gasteiger partial charge in [0.1, 0.15) is 5.21 Å². The van der Waals surface area contributed by atoms with Crippen LogP contribution in [0.5, 0.6) is 0 Å². The van der Waals surface area contributed by atoms with Gasteiger partial charge in [-0.05, 0) is 13.3 Å². The minimum absolute atomic E-state index is 0.130. The summed E-state index contributed by atoms with van der Waals surface area (Å²) >= 11 is 5.35. The molecule has 1 aliphatic heterocycles. The van der Waals surface area contributed by atoms with Crippen molar-refractivity contribution in [2.24, 2.45) is 5.41 Å². The first-order valence-corrected chi connectivity index (χ1v) is 6.76. The number of hydrogen-bond donors (Lipinski definition) is 1. The largest absolute Gasteiger partial charge is 0.359 e. The highest BCUT2D eigenvalue weighted by Gasteiger charge is 2.43. The van der Waals surface area contributed by atoms with E-state index in [-0.39, 0.29) is 12.5 Å². The van der Waals surface area contributed by atoms with Crippen molar-refractivity contribution in [2.75, 3.05) is 25.3 Å². The third kappa shape index (κ3) is 2.43. The van der Waals surface area contributed by atoms with Crippen molar-refractivity contribution in [3.05, 3.63) is 0 Å². The van der Waals surface area contributed by atoms with E-state index in [2.05, 4.69) is 5.32 Å². The average molecular weight is 255 g/mol. The lowest BCUT2D eigenvalue weighted by molar-refractivity contribution is -0.128. The van der Waals surface area contributed by atoms with E-state index in [9.17, 15) is 13.2 Å². The smallest absolute Gasteiger partial charge is 0.228 e. The molecule has 1 fully saturated rings. The van der Waals surface area contributed by atoms with Crippen LogP contribution in [0.4, 0.5) is 0 Å². The van der Waals surface area contributed by atoms with E-state index in [0.717, 1.165) is 0 Å². The summed E-state index contributed by atoms with van der Waals surface area (Å²) in [6.07, 6.45) is 0.531. The van der Waals surface area contributed by atoms with Crippen LogP contribution in [-0.4, -0.2) is 44.0 Å². The molecule has 0 saturated carbocycles. The first-order chi connectivity index (χ1) is 6.85. The summed E-state index contributed by atoms with van der Waals surface area (Å²) in [7, 11) is -1.84. The van der Waals surface area contributed by atoms with Gasteiger partial charge in [-0.3, -0.25) is 4.79 Å². The lowest BCUT2D eigenvalue weighted by atomic mass is 9.89. The predicted molar refractivity (Wildman–Crippen MR) is 58.0 cm³/mol. The van der Waals surface area contributed by atoms with Gasteiger partial charge >= 0.3 is 0 Å². The van der Waals surface area contributed by atoms with Crippen molar-refractivity contribution < 1.29 is 13.2 Å². The Kier molecular flexibility index (Phi) is 3.63. The fraction of sp³-hybridized carbons (Fsp3) is 0.875. The van der Waals surface area contributed by atoms with E-state index >= 15 is 0 Å². The van der Waals surface area contributed by atoms with Crippen LogP contribution in [0.25, 0.3) is 0 Å². The van der Waals surface area contributed by atoms with E-state index in [1.165, 1.54) is 4.31 Å². The molecular formula is C8H15ClN2O3S. The Morgan fingerprint density at radius 3 is 2.67 bits per heavy atom. The maximum Gasteiger partial charge on any atom is 0.228 e. The minimum Gasteiger partial charge on any atom is -0.359 e. The number of alkyl halides is 1. The van der Waals surface area contributed by atoms with Crippen LogP contribution < -0.4 is 5.32 Å². The highest BCUT2D eigenvalue weighted by Crippen LogP contribution is 2.31. The van der Waals surface area contributed by atoms with Crippen molar-refractivity contribution in [3.63, 3.8) is 0 Å². The lowest BCUT2D eigenvalue weighted by Crippen LogP contribution is -2.40. The Labute approximate surface area is 94.8 Å². The number of sulfonamides is 1. The maximum absolute atomic E-state index is 11.5. The van der Waals surface area contributed by atoms with Crippen molar-refractivity contribution >= 4 is 27.5 Å². The molecule has 0 aromatic carbocycles. The van der Waals surface area contributed by atoms with Crippen LogP contribution in [0.3, 0.4) is 0 Å². The van der Waals surface area contributed by atoms with Crippen molar-refractivity contribution in [1.82, 2.24) is 9.62 Å². The van der Waals surface area contributed by atoms with Gasteiger partial charge in [-0.2, -0.15) is 4.31 Å². The zero-order chi connectivity index (χ0) is 11.7. The highest BCUT2D eigenvalue weighted by atomic mass is 35.5. The van der Waals surface area contributed by atoms with Gasteiger partial charge in [0.25, 0.3) is 0 Å². The molecular weight excluding hydrogens is 240 g/mol. The summed E-state index contributed by atoms with van der Waals surface area (Å²) < 4.78 is 24.2. The second kappa shape index (κ2) is 4.27. The van der Waals surface area contributed by atoms with Crippen LogP contribution in [0.2, 0.25) is 0 Å². The number of amides is 1. The number of rotatable bonds is 3. The Balaban J connectivity index is 2.80. The van der Waals surface area contributed by atoms with Gasteiger partial charge in [-0.25, -0.2) is 8.42 Å². The Morgan fingerprint density at radius 2 is 2.20 bits per heavy atom. The molecule has 1 saturated heterocycles. The van der Waals surface area contributed by atoms with Crippen molar-refractivity contribution in [2.45, 2.75) is 13.3 Å². The number of hydrogen-bond acceptors (Lipinski definition) is 3.